The molecule has 0 aliphatic rings. The lowest BCUT2D eigenvalue weighted by Crippen LogP contribution is -2.05. The Labute approximate surface area is 100 Å². The molecule has 3 nitrogen and oxygen atoms in total. The van der Waals surface area contributed by atoms with Gasteiger partial charge in [0.1, 0.15) is 5.69 Å². The largest absolute Gasteiger partial charge is 0.464 e. The number of benzene rings is 1. The summed E-state index contributed by atoms with van der Waals surface area (Å²) in [6.07, 6.45) is 0. The molecule has 0 atom stereocenters. The van der Waals surface area contributed by atoms with E-state index in [2.05, 4.69) is 9.72 Å². The van der Waals surface area contributed by atoms with E-state index in [-0.39, 0.29) is 0 Å². The summed E-state index contributed by atoms with van der Waals surface area (Å²) in [6, 6.07) is 13.4. The van der Waals surface area contributed by atoms with Gasteiger partial charge in [0.05, 0.1) is 12.8 Å². The highest BCUT2D eigenvalue weighted by Crippen LogP contribution is 2.18. The highest BCUT2D eigenvalue weighted by Gasteiger charge is 2.10. The Bertz CT molecular complexity index is 535. The number of hydrogen-bond donors (Lipinski definition) is 0. The minimum absolute atomic E-state index is 0.339. The molecule has 0 bridgehead atoms. The Kier molecular flexibility index (Phi) is 3.19. The third-order valence-corrected chi connectivity index (χ3v) is 2.43. The van der Waals surface area contributed by atoms with Crippen molar-refractivity contribution < 1.29 is 9.53 Å². The van der Waals surface area contributed by atoms with Gasteiger partial charge in [0.15, 0.2) is 0 Å². The molecule has 3 heteroatoms. The van der Waals surface area contributed by atoms with Crippen LogP contribution < -0.4 is 0 Å². The van der Waals surface area contributed by atoms with Gasteiger partial charge in [0.2, 0.25) is 0 Å². The van der Waals surface area contributed by atoms with E-state index in [1.165, 1.54) is 7.11 Å². The summed E-state index contributed by atoms with van der Waals surface area (Å²) in [5.41, 5.74) is 3.10. The fourth-order valence-corrected chi connectivity index (χ4v) is 1.63. The minimum Gasteiger partial charge on any atom is -0.464 e. The molecular weight excluding hydrogens is 214 g/mol. The van der Waals surface area contributed by atoms with Gasteiger partial charge < -0.3 is 4.74 Å². The lowest BCUT2D eigenvalue weighted by atomic mass is 10.1. The summed E-state index contributed by atoms with van der Waals surface area (Å²) in [4.78, 5) is 15.8. The van der Waals surface area contributed by atoms with E-state index < -0.39 is 5.97 Å². The number of esters is 1. The summed E-state index contributed by atoms with van der Waals surface area (Å²) in [7, 11) is 1.36. The molecule has 2 aromatic rings. The number of pyridine rings is 1. The lowest BCUT2D eigenvalue weighted by Gasteiger charge is -2.05. The van der Waals surface area contributed by atoms with Crippen LogP contribution in [0.5, 0.6) is 0 Å². The Morgan fingerprint density at radius 3 is 2.53 bits per heavy atom. The van der Waals surface area contributed by atoms with Gasteiger partial charge >= 0.3 is 5.97 Å². The maximum atomic E-state index is 11.5. The molecule has 1 aromatic heterocycles. The first kappa shape index (κ1) is 11.3. The van der Waals surface area contributed by atoms with Crippen molar-refractivity contribution in [2.45, 2.75) is 6.92 Å². The topological polar surface area (TPSA) is 39.2 Å². The molecule has 0 aliphatic carbocycles. The summed E-state index contributed by atoms with van der Waals surface area (Å²) in [5, 5.41) is 0. The van der Waals surface area contributed by atoms with Crippen LogP contribution in [0.1, 0.15) is 16.1 Å². The van der Waals surface area contributed by atoms with Crippen LogP contribution in [0.3, 0.4) is 0 Å². The molecule has 0 radical (unpaired) electrons. The normalized spacial score (nSPS) is 10.0. The van der Waals surface area contributed by atoms with Gasteiger partial charge in [0, 0.05) is 5.56 Å². The van der Waals surface area contributed by atoms with Crippen LogP contribution >= 0.6 is 0 Å². The van der Waals surface area contributed by atoms with Crippen molar-refractivity contribution in [2.24, 2.45) is 0 Å². The average molecular weight is 227 g/mol. The second-order valence-corrected chi connectivity index (χ2v) is 3.77. The number of aryl methyl sites for hydroxylation is 1. The van der Waals surface area contributed by atoms with Gasteiger partial charge in [-0.05, 0) is 24.6 Å². The van der Waals surface area contributed by atoms with Crippen LogP contribution in [-0.2, 0) is 4.74 Å². The van der Waals surface area contributed by atoms with E-state index in [0.29, 0.717) is 5.69 Å². The fraction of sp³-hybridized carbons (Fsp3) is 0.143. The number of rotatable bonds is 2. The van der Waals surface area contributed by atoms with Crippen molar-refractivity contribution in [2.75, 3.05) is 7.11 Å². The van der Waals surface area contributed by atoms with Crippen LogP contribution in [0.4, 0.5) is 0 Å². The quantitative estimate of drug-likeness (QED) is 0.740. The molecule has 1 heterocycles. The Hall–Kier alpha value is -2.16. The number of methoxy groups -OCH3 is 1. The van der Waals surface area contributed by atoms with Gasteiger partial charge in [-0.2, -0.15) is 0 Å². The number of aromatic nitrogens is 1. The third-order valence-electron chi connectivity index (χ3n) is 2.43. The molecule has 0 saturated heterocycles. The van der Waals surface area contributed by atoms with Crippen molar-refractivity contribution in [3.63, 3.8) is 0 Å². The summed E-state index contributed by atoms with van der Waals surface area (Å²) >= 11 is 0. The molecule has 2 rings (SSSR count). The molecule has 0 saturated carbocycles. The molecule has 0 spiro atoms. The highest BCUT2D eigenvalue weighted by atomic mass is 16.5. The maximum Gasteiger partial charge on any atom is 0.356 e. The standard InChI is InChI=1S/C14H13NO2/c1-10-8-12(11-6-4-3-5-7-11)15-13(9-10)14(16)17-2/h3-9H,1-2H3. The van der Waals surface area contributed by atoms with Gasteiger partial charge in [-0.3, -0.25) is 0 Å². The predicted octanol–water partition coefficient (Wildman–Crippen LogP) is 2.84. The molecule has 0 aliphatic heterocycles. The Morgan fingerprint density at radius 1 is 1.18 bits per heavy atom. The van der Waals surface area contributed by atoms with Crippen LogP contribution in [0.15, 0.2) is 42.5 Å². The highest BCUT2D eigenvalue weighted by molar-refractivity contribution is 5.88. The molecule has 0 fully saturated rings. The number of ether oxygens (including phenoxy) is 1. The van der Waals surface area contributed by atoms with Crippen LogP contribution in [0, 0.1) is 6.92 Å². The summed E-state index contributed by atoms with van der Waals surface area (Å²) < 4.78 is 4.68. The van der Waals surface area contributed by atoms with E-state index in [4.69, 9.17) is 0 Å². The number of nitrogens with zero attached hydrogens (tertiary/aromatic N) is 1. The zero-order valence-corrected chi connectivity index (χ0v) is 9.81. The van der Waals surface area contributed by atoms with Crippen molar-refractivity contribution in [3.8, 4) is 11.3 Å². The van der Waals surface area contributed by atoms with Crippen LogP contribution in [-0.4, -0.2) is 18.1 Å². The first-order valence-corrected chi connectivity index (χ1v) is 5.33. The molecule has 0 unspecified atom stereocenters. The number of carbonyl (C=O) groups is 1. The van der Waals surface area contributed by atoms with E-state index >= 15 is 0 Å². The van der Waals surface area contributed by atoms with E-state index in [1.54, 1.807) is 6.07 Å². The van der Waals surface area contributed by atoms with Crippen molar-refractivity contribution in [3.05, 3.63) is 53.7 Å². The molecule has 0 N–H and O–H groups in total. The summed E-state index contributed by atoms with van der Waals surface area (Å²) in [6.45, 7) is 1.93. The van der Waals surface area contributed by atoms with Gasteiger partial charge in [-0.1, -0.05) is 30.3 Å². The maximum absolute atomic E-state index is 11.5. The second kappa shape index (κ2) is 4.78. The van der Waals surface area contributed by atoms with Gasteiger partial charge in [0.25, 0.3) is 0 Å². The Morgan fingerprint density at radius 2 is 1.88 bits per heavy atom. The second-order valence-electron chi connectivity index (χ2n) is 3.77. The molecule has 0 amide bonds. The molecule has 1 aromatic carbocycles. The van der Waals surface area contributed by atoms with Crippen LogP contribution in [0.25, 0.3) is 11.3 Å². The predicted molar refractivity (Wildman–Crippen MR) is 65.7 cm³/mol. The molecule has 86 valence electrons. The van der Waals surface area contributed by atoms with Gasteiger partial charge in [-0.25, -0.2) is 9.78 Å². The monoisotopic (exact) mass is 227 g/mol. The van der Waals surface area contributed by atoms with Crippen LogP contribution in [0.2, 0.25) is 0 Å². The minimum atomic E-state index is -0.411. The van der Waals surface area contributed by atoms with E-state index in [0.717, 1.165) is 16.8 Å². The van der Waals surface area contributed by atoms with Gasteiger partial charge in [-0.15, -0.1) is 0 Å². The summed E-state index contributed by atoms with van der Waals surface area (Å²) in [5.74, 6) is -0.411. The van der Waals surface area contributed by atoms with Crippen molar-refractivity contribution in [1.29, 1.82) is 0 Å². The molecule has 17 heavy (non-hydrogen) atoms. The zero-order chi connectivity index (χ0) is 12.3. The average Bonchev–Trinajstić information content (AvgIpc) is 2.38. The SMILES string of the molecule is COC(=O)c1cc(C)cc(-c2ccccc2)n1. The van der Waals surface area contributed by atoms with E-state index in [9.17, 15) is 4.79 Å². The zero-order valence-electron chi connectivity index (χ0n) is 9.81. The van der Waals surface area contributed by atoms with E-state index in [1.807, 2.05) is 43.3 Å². The first-order valence-electron chi connectivity index (χ1n) is 5.33. The smallest absolute Gasteiger partial charge is 0.356 e. The molecular formula is C14H13NO2. The van der Waals surface area contributed by atoms with Crippen molar-refractivity contribution >= 4 is 5.97 Å². The van der Waals surface area contributed by atoms with Crippen molar-refractivity contribution in [1.82, 2.24) is 4.98 Å². The number of hydrogen-bond acceptors (Lipinski definition) is 3. The third kappa shape index (κ3) is 2.50. The fourth-order valence-electron chi connectivity index (χ4n) is 1.63. The number of carbonyl (C=O) groups excluding carboxylic acids is 1. The first-order chi connectivity index (χ1) is 8.20. The lowest BCUT2D eigenvalue weighted by molar-refractivity contribution is 0.0594. The Balaban J connectivity index is 2.49.